The molecule has 0 spiro atoms. The van der Waals surface area contributed by atoms with Crippen LogP contribution in [-0.2, 0) is 0 Å². The summed E-state index contributed by atoms with van der Waals surface area (Å²) in [6.45, 7) is 6.28. The number of halogens is 1. The van der Waals surface area contributed by atoms with E-state index < -0.39 is 0 Å². The Morgan fingerprint density at radius 3 is 2.64 bits per heavy atom. The number of pyridine rings is 1. The third-order valence-corrected chi connectivity index (χ3v) is 5.16. The van der Waals surface area contributed by atoms with E-state index in [4.69, 9.17) is 16.1 Å². The molecule has 28 heavy (non-hydrogen) atoms. The molecule has 148 valence electrons. The summed E-state index contributed by atoms with van der Waals surface area (Å²) in [5.41, 5.74) is 3.34. The van der Waals surface area contributed by atoms with Gasteiger partial charge in [0.15, 0.2) is 0 Å². The average molecular weight is 401 g/mol. The molecular weight excluding hydrogens is 376 g/mol. The van der Waals surface area contributed by atoms with E-state index in [1.807, 2.05) is 70.1 Å². The van der Waals surface area contributed by atoms with E-state index in [0.717, 1.165) is 11.3 Å². The summed E-state index contributed by atoms with van der Waals surface area (Å²) in [6.07, 6.45) is 0. The molecule has 0 aliphatic carbocycles. The van der Waals surface area contributed by atoms with Gasteiger partial charge in [0.1, 0.15) is 0 Å². The van der Waals surface area contributed by atoms with Crippen molar-refractivity contribution in [3.8, 4) is 0 Å². The zero-order valence-electron chi connectivity index (χ0n) is 16.8. The first-order chi connectivity index (χ1) is 13.3. The zero-order valence-corrected chi connectivity index (χ0v) is 17.5. The van der Waals surface area contributed by atoms with Crippen LogP contribution in [0.3, 0.4) is 0 Å². The van der Waals surface area contributed by atoms with Crippen LogP contribution in [0.2, 0.25) is 5.02 Å². The average Bonchev–Trinajstić information content (AvgIpc) is 3.03. The molecule has 0 radical (unpaired) electrons. The second-order valence-corrected chi connectivity index (χ2v) is 7.82. The Bertz CT molecular complexity index is 997. The highest BCUT2D eigenvalue weighted by atomic mass is 35.5. The van der Waals surface area contributed by atoms with E-state index in [0.29, 0.717) is 33.9 Å². The summed E-state index contributed by atoms with van der Waals surface area (Å²) >= 11 is 6.37. The molecule has 1 amide bonds. The van der Waals surface area contributed by atoms with Crippen molar-refractivity contribution in [2.75, 3.05) is 20.6 Å². The third-order valence-electron chi connectivity index (χ3n) is 4.82. The van der Waals surface area contributed by atoms with Crippen LogP contribution in [0, 0.1) is 6.92 Å². The normalized spacial score (nSPS) is 12.7. The van der Waals surface area contributed by atoms with Crippen molar-refractivity contribution >= 4 is 28.6 Å². The largest absolute Gasteiger partial charge is 0.350 e. The van der Waals surface area contributed by atoms with Crippen molar-refractivity contribution in [3.63, 3.8) is 0 Å². The first-order valence-electron chi connectivity index (χ1n) is 9.25. The van der Waals surface area contributed by atoms with E-state index in [2.05, 4.69) is 15.5 Å². The van der Waals surface area contributed by atoms with Crippen molar-refractivity contribution < 1.29 is 9.32 Å². The molecule has 6 nitrogen and oxygen atoms in total. The van der Waals surface area contributed by atoms with Gasteiger partial charge >= 0.3 is 0 Å². The second kappa shape index (κ2) is 8.29. The van der Waals surface area contributed by atoms with Crippen LogP contribution in [0.25, 0.3) is 11.1 Å². The van der Waals surface area contributed by atoms with Crippen molar-refractivity contribution in [2.45, 2.75) is 32.7 Å². The lowest BCUT2D eigenvalue weighted by Crippen LogP contribution is -2.35. The molecule has 3 rings (SSSR count). The molecule has 0 saturated heterocycles. The van der Waals surface area contributed by atoms with Crippen LogP contribution in [0.1, 0.15) is 53.1 Å². The van der Waals surface area contributed by atoms with Crippen LogP contribution in [0.5, 0.6) is 0 Å². The Morgan fingerprint density at radius 1 is 1.29 bits per heavy atom. The number of hydrogen-bond acceptors (Lipinski definition) is 5. The van der Waals surface area contributed by atoms with Gasteiger partial charge in [-0.05, 0) is 44.6 Å². The molecule has 0 fully saturated rings. The van der Waals surface area contributed by atoms with Gasteiger partial charge in [-0.15, -0.1) is 0 Å². The van der Waals surface area contributed by atoms with Gasteiger partial charge in [-0.2, -0.15) is 0 Å². The predicted octanol–water partition coefficient (Wildman–Crippen LogP) is 4.34. The number of likely N-dealkylation sites (N-methyl/N-ethyl adjacent to an activating group) is 1. The third kappa shape index (κ3) is 4.03. The number of benzene rings is 1. The maximum absolute atomic E-state index is 13.1. The Morgan fingerprint density at radius 2 is 2.00 bits per heavy atom. The SMILES string of the molecule is Cc1noc2nc(C(C)C)cc(C(=O)NCC(c3ccccc3Cl)N(C)C)c12. The number of fused-ring (bicyclic) bond motifs is 1. The minimum atomic E-state index is -0.181. The standard InChI is InChI=1S/C21H25ClN4O2/c1-12(2)17-10-15(19-13(3)25-28-21(19)24-17)20(27)23-11-18(26(4)5)14-8-6-7-9-16(14)22/h6-10,12,18H,11H2,1-5H3,(H,23,27). The first-order valence-corrected chi connectivity index (χ1v) is 9.63. The molecule has 1 aromatic carbocycles. The maximum Gasteiger partial charge on any atom is 0.259 e. The molecule has 0 aliphatic heterocycles. The Kier molecular flexibility index (Phi) is 6.01. The summed E-state index contributed by atoms with van der Waals surface area (Å²) in [5.74, 6) is -0.0153. The highest BCUT2D eigenvalue weighted by Gasteiger charge is 2.22. The molecule has 1 N–H and O–H groups in total. The molecule has 1 atom stereocenters. The first kappa shape index (κ1) is 20.3. The van der Waals surface area contributed by atoms with Gasteiger partial charge < -0.3 is 14.7 Å². The topological polar surface area (TPSA) is 71.3 Å². The number of carbonyl (C=O) groups excluding carboxylic acids is 1. The van der Waals surface area contributed by atoms with Crippen molar-refractivity contribution in [3.05, 3.63) is 57.9 Å². The Balaban J connectivity index is 1.90. The van der Waals surface area contributed by atoms with E-state index in [1.165, 1.54) is 0 Å². The quantitative estimate of drug-likeness (QED) is 0.666. The van der Waals surface area contributed by atoms with Crippen molar-refractivity contribution in [2.24, 2.45) is 0 Å². The van der Waals surface area contributed by atoms with Crippen LogP contribution in [0.15, 0.2) is 34.9 Å². The van der Waals surface area contributed by atoms with Crippen LogP contribution >= 0.6 is 11.6 Å². The van der Waals surface area contributed by atoms with E-state index in [-0.39, 0.29) is 17.9 Å². The fourth-order valence-corrected chi connectivity index (χ4v) is 3.45. The van der Waals surface area contributed by atoms with Crippen molar-refractivity contribution in [1.29, 1.82) is 0 Å². The zero-order chi connectivity index (χ0) is 20.4. The van der Waals surface area contributed by atoms with Gasteiger partial charge in [0.05, 0.1) is 22.7 Å². The number of nitrogens with zero attached hydrogens (tertiary/aromatic N) is 3. The van der Waals surface area contributed by atoms with Gasteiger partial charge in [-0.1, -0.05) is 48.8 Å². The van der Waals surface area contributed by atoms with E-state index in [1.54, 1.807) is 0 Å². The molecule has 2 heterocycles. The summed E-state index contributed by atoms with van der Waals surface area (Å²) in [6, 6.07) is 9.45. The lowest BCUT2D eigenvalue weighted by molar-refractivity contribution is 0.0943. The fraction of sp³-hybridized carbons (Fsp3) is 0.381. The number of aromatic nitrogens is 2. The summed E-state index contributed by atoms with van der Waals surface area (Å²) in [5, 5.41) is 8.36. The molecule has 7 heteroatoms. The fourth-order valence-electron chi connectivity index (χ4n) is 3.19. The number of aryl methyl sites for hydroxylation is 1. The number of hydrogen-bond donors (Lipinski definition) is 1. The van der Waals surface area contributed by atoms with Gasteiger partial charge in [0, 0.05) is 17.3 Å². The van der Waals surface area contributed by atoms with E-state index >= 15 is 0 Å². The molecule has 2 aromatic heterocycles. The lowest BCUT2D eigenvalue weighted by Gasteiger charge is -2.26. The molecule has 0 saturated carbocycles. The van der Waals surface area contributed by atoms with Gasteiger partial charge in [0.25, 0.3) is 11.6 Å². The second-order valence-electron chi connectivity index (χ2n) is 7.41. The Labute approximate surface area is 169 Å². The Hall–Kier alpha value is -2.44. The van der Waals surface area contributed by atoms with Gasteiger partial charge in [-0.25, -0.2) is 4.98 Å². The molecular formula is C21H25ClN4O2. The monoisotopic (exact) mass is 400 g/mol. The smallest absolute Gasteiger partial charge is 0.259 e. The van der Waals surface area contributed by atoms with Crippen LogP contribution < -0.4 is 5.32 Å². The lowest BCUT2D eigenvalue weighted by atomic mass is 10.0. The minimum Gasteiger partial charge on any atom is -0.350 e. The highest BCUT2D eigenvalue weighted by molar-refractivity contribution is 6.31. The maximum atomic E-state index is 13.1. The summed E-state index contributed by atoms with van der Waals surface area (Å²) in [4.78, 5) is 19.6. The predicted molar refractivity (Wildman–Crippen MR) is 111 cm³/mol. The number of carbonyl (C=O) groups is 1. The molecule has 0 aliphatic rings. The number of nitrogens with one attached hydrogen (secondary N) is 1. The molecule has 0 bridgehead atoms. The molecule has 3 aromatic rings. The number of rotatable bonds is 6. The van der Waals surface area contributed by atoms with Crippen LogP contribution in [0.4, 0.5) is 0 Å². The van der Waals surface area contributed by atoms with E-state index in [9.17, 15) is 4.79 Å². The van der Waals surface area contributed by atoms with Gasteiger partial charge in [-0.3, -0.25) is 4.79 Å². The number of amides is 1. The molecule has 1 unspecified atom stereocenters. The summed E-state index contributed by atoms with van der Waals surface area (Å²) in [7, 11) is 3.93. The van der Waals surface area contributed by atoms with Gasteiger partial charge in [0.2, 0.25) is 0 Å². The van der Waals surface area contributed by atoms with Crippen molar-refractivity contribution in [1.82, 2.24) is 20.4 Å². The highest BCUT2D eigenvalue weighted by Crippen LogP contribution is 2.27. The minimum absolute atomic E-state index is 0.0527. The van der Waals surface area contributed by atoms with Crippen LogP contribution in [-0.4, -0.2) is 41.6 Å². The summed E-state index contributed by atoms with van der Waals surface area (Å²) < 4.78 is 5.31.